The number of hydrogen-bond donors (Lipinski definition) is 4. The minimum Gasteiger partial charge on any atom is -0.480 e. The van der Waals surface area contributed by atoms with E-state index in [4.69, 9.17) is 15.9 Å². The van der Waals surface area contributed by atoms with Gasteiger partial charge in [-0.3, -0.25) is 9.59 Å². The fourth-order valence-electron chi connectivity index (χ4n) is 1.24. The number of esters is 1. The third-order valence-electron chi connectivity index (χ3n) is 2.37. The smallest absolute Gasteiger partial charge is 0.341 e. The molecule has 0 saturated carbocycles. The van der Waals surface area contributed by atoms with Gasteiger partial charge in [-0.1, -0.05) is 6.92 Å². The molecule has 9 nitrogen and oxygen atoms in total. The molecule has 2 atom stereocenters. The SMILES string of the molecule is CC[C@H](NC(=O)CC[C@H](N)C(=O)O)C(=O)OCC(=O)O. The van der Waals surface area contributed by atoms with E-state index in [0.717, 1.165) is 0 Å². The van der Waals surface area contributed by atoms with Gasteiger partial charge in [0.1, 0.15) is 12.1 Å². The summed E-state index contributed by atoms with van der Waals surface area (Å²) in [6.07, 6.45) is -0.00682. The molecular weight excluding hydrogens is 272 g/mol. The summed E-state index contributed by atoms with van der Waals surface area (Å²) in [6, 6.07) is -2.12. The molecule has 0 aromatic rings. The number of carbonyl (C=O) groups excluding carboxylic acids is 2. The van der Waals surface area contributed by atoms with Crippen LogP contribution in [-0.4, -0.2) is 52.7 Å². The number of rotatable bonds is 9. The number of carboxylic acids is 2. The Balaban J connectivity index is 4.21. The number of carbonyl (C=O) groups is 4. The Morgan fingerprint density at radius 2 is 1.85 bits per heavy atom. The highest BCUT2D eigenvalue weighted by Crippen LogP contribution is 1.99. The number of nitrogens with two attached hydrogens (primary N) is 1. The quantitative estimate of drug-likeness (QED) is 0.382. The Hall–Kier alpha value is -2.16. The molecule has 9 heteroatoms. The van der Waals surface area contributed by atoms with Crippen molar-refractivity contribution in [3.8, 4) is 0 Å². The first-order valence-corrected chi connectivity index (χ1v) is 5.94. The maximum absolute atomic E-state index is 11.5. The molecular formula is C11H18N2O7. The first-order valence-electron chi connectivity index (χ1n) is 5.94. The Labute approximate surface area is 115 Å². The zero-order valence-electron chi connectivity index (χ0n) is 11.0. The highest BCUT2D eigenvalue weighted by Gasteiger charge is 2.22. The van der Waals surface area contributed by atoms with Crippen molar-refractivity contribution >= 4 is 23.8 Å². The molecule has 0 rings (SSSR count). The summed E-state index contributed by atoms with van der Waals surface area (Å²) in [5, 5.41) is 19.2. The van der Waals surface area contributed by atoms with Crippen LogP contribution in [0.15, 0.2) is 0 Å². The van der Waals surface area contributed by atoms with Gasteiger partial charge in [0, 0.05) is 6.42 Å². The minimum atomic E-state index is -1.30. The topological polar surface area (TPSA) is 156 Å². The second-order valence-electron chi connectivity index (χ2n) is 4.01. The molecule has 0 radical (unpaired) electrons. The zero-order valence-corrected chi connectivity index (χ0v) is 11.0. The van der Waals surface area contributed by atoms with Gasteiger partial charge in [0.25, 0.3) is 0 Å². The molecule has 5 N–H and O–H groups in total. The lowest BCUT2D eigenvalue weighted by molar-refractivity contribution is -0.157. The summed E-state index contributed by atoms with van der Waals surface area (Å²) in [7, 11) is 0. The van der Waals surface area contributed by atoms with Gasteiger partial charge in [-0.2, -0.15) is 0 Å². The lowest BCUT2D eigenvalue weighted by Crippen LogP contribution is -2.42. The van der Waals surface area contributed by atoms with Gasteiger partial charge in [0.15, 0.2) is 6.61 Å². The van der Waals surface area contributed by atoms with E-state index in [1.165, 1.54) is 0 Å². The molecule has 0 spiro atoms. The molecule has 0 heterocycles. The summed E-state index contributed by atoms with van der Waals surface area (Å²) in [6.45, 7) is 0.824. The summed E-state index contributed by atoms with van der Waals surface area (Å²) >= 11 is 0. The van der Waals surface area contributed by atoms with Crippen LogP contribution < -0.4 is 11.1 Å². The molecule has 0 saturated heterocycles. The molecule has 0 unspecified atom stereocenters. The summed E-state index contributed by atoms with van der Waals surface area (Å²) in [5.74, 6) is -3.93. The summed E-state index contributed by atoms with van der Waals surface area (Å²) in [5.41, 5.74) is 5.23. The summed E-state index contributed by atoms with van der Waals surface area (Å²) < 4.78 is 4.45. The minimum absolute atomic E-state index is 0.0677. The third-order valence-corrected chi connectivity index (χ3v) is 2.37. The van der Waals surface area contributed by atoms with Gasteiger partial charge in [0.2, 0.25) is 5.91 Å². The van der Waals surface area contributed by atoms with Crippen LogP contribution in [-0.2, 0) is 23.9 Å². The number of aliphatic carboxylic acids is 2. The van der Waals surface area contributed by atoms with Crippen molar-refractivity contribution in [3.63, 3.8) is 0 Å². The van der Waals surface area contributed by atoms with Crippen LogP contribution in [0.3, 0.4) is 0 Å². The van der Waals surface area contributed by atoms with Crippen molar-refractivity contribution in [2.45, 2.75) is 38.3 Å². The normalized spacial score (nSPS) is 13.1. The van der Waals surface area contributed by atoms with E-state index in [1.807, 2.05) is 0 Å². The maximum Gasteiger partial charge on any atom is 0.341 e. The fraction of sp³-hybridized carbons (Fsp3) is 0.636. The van der Waals surface area contributed by atoms with Crippen molar-refractivity contribution < 1.29 is 34.1 Å². The number of hydrogen-bond acceptors (Lipinski definition) is 6. The Bertz CT molecular complexity index is 383. The van der Waals surface area contributed by atoms with Gasteiger partial charge in [-0.05, 0) is 12.8 Å². The highest BCUT2D eigenvalue weighted by atomic mass is 16.6. The first kappa shape index (κ1) is 17.8. The van der Waals surface area contributed by atoms with Gasteiger partial charge >= 0.3 is 17.9 Å². The largest absolute Gasteiger partial charge is 0.480 e. The second-order valence-corrected chi connectivity index (χ2v) is 4.01. The maximum atomic E-state index is 11.5. The highest BCUT2D eigenvalue weighted by molar-refractivity contribution is 5.85. The van der Waals surface area contributed by atoms with E-state index in [2.05, 4.69) is 10.1 Å². The van der Waals surface area contributed by atoms with Crippen molar-refractivity contribution in [2.75, 3.05) is 6.61 Å². The van der Waals surface area contributed by atoms with Crippen LogP contribution in [0.4, 0.5) is 0 Å². The van der Waals surface area contributed by atoms with Crippen LogP contribution in [0.25, 0.3) is 0 Å². The van der Waals surface area contributed by atoms with E-state index < -0.39 is 42.5 Å². The standard InChI is InChI=1S/C11H18N2O7/c1-2-7(11(19)20-5-9(15)16)13-8(14)4-3-6(12)10(17)18/h6-7H,2-5,12H2,1H3,(H,13,14)(H,15,16)(H,17,18)/t6-,7-/m0/s1. The Morgan fingerprint density at radius 1 is 1.25 bits per heavy atom. The number of ether oxygens (including phenoxy) is 1. The van der Waals surface area contributed by atoms with Gasteiger partial charge in [0.05, 0.1) is 0 Å². The van der Waals surface area contributed by atoms with Crippen molar-refractivity contribution in [1.82, 2.24) is 5.32 Å². The fourth-order valence-corrected chi connectivity index (χ4v) is 1.24. The molecule has 0 aromatic heterocycles. The van der Waals surface area contributed by atoms with E-state index in [1.54, 1.807) is 6.92 Å². The predicted molar refractivity (Wildman–Crippen MR) is 65.7 cm³/mol. The average molecular weight is 290 g/mol. The van der Waals surface area contributed by atoms with Crippen molar-refractivity contribution in [1.29, 1.82) is 0 Å². The molecule has 0 fully saturated rings. The predicted octanol–water partition coefficient (Wildman–Crippen LogP) is -1.30. The number of nitrogens with one attached hydrogen (secondary N) is 1. The van der Waals surface area contributed by atoms with Gasteiger partial charge in [-0.25, -0.2) is 9.59 Å². The van der Waals surface area contributed by atoms with E-state index >= 15 is 0 Å². The van der Waals surface area contributed by atoms with E-state index in [9.17, 15) is 19.2 Å². The van der Waals surface area contributed by atoms with E-state index in [0.29, 0.717) is 0 Å². The van der Waals surface area contributed by atoms with Crippen LogP contribution in [0.5, 0.6) is 0 Å². The Morgan fingerprint density at radius 3 is 2.30 bits per heavy atom. The van der Waals surface area contributed by atoms with Crippen LogP contribution in [0, 0.1) is 0 Å². The second kappa shape index (κ2) is 8.86. The van der Waals surface area contributed by atoms with E-state index in [-0.39, 0.29) is 19.3 Å². The van der Waals surface area contributed by atoms with Crippen molar-refractivity contribution in [3.05, 3.63) is 0 Å². The molecule has 0 bridgehead atoms. The van der Waals surface area contributed by atoms with Gasteiger partial charge in [-0.15, -0.1) is 0 Å². The Kier molecular flexibility index (Phi) is 7.90. The molecule has 20 heavy (non-hydrogen) atoms. The number of carboxylic acid groups (broad SMARTS) is 2. The van der Waals surface area contributed by atoms with Crippen LogP contribution in [0.2, 0.25) is 0 Å². The monoisotopic (exact) mass is 290 g/mol. The molecule has 114 valence electrons. The lowest BCUT2D eigenvalue weighted by atomic mass is 10.1. The van der Waals surface area contributed by atoms with Crippen LogP contribution >= 0.6 is 0 Å². The molecule has 0 aliphatic rings. The molecule has 1 amide bonds. The third kappa shape index (κ3) is 7.31. The molecule has 0 aliphatic heterocycles. The number of amides is 1. The van der Waals surface area contributed by atoms with Crippen molar-refractivity contribution in [2.24, 2.45) is 5.73 Å². The molecule has 0 aliphatic carbocycles. The average Bonchev–Trinajstić information content (AvgIpc) is 2.38. The van der Waals surface area contributed by atoms with Gasteiger partial charge < -0.3 is 26.0 Å². The lowest BCUT2D eigenvalue weighted by Gasteiger charge is -2.15. The van der Waals surface area contributed by atoms with Crippen LogP contribution in [0.1, 0.15) is 26.2 Å². The zero-order chi connectivity index (χ0) is 15.7. The first-order chi connectivity index (χ1) is 9.27. The summed E-state index contributed by atoms with van der Waals surface area (Å²) in [4.78, 5) is 43.6. The molecule has 0 aromatic carbocycles.